The van der Waals surface area contributed by atoms with Gasteiger partial charge in [0.05, 0.1) is 6.42 Å². The molecule has 1 atom stereocenters. The van der Waals surface area contributed by atoms with Crippen LogP contribution in [0.2, 0.25) is 0 Å². The summed E-state index contributed by atoms with van der Waals surface area (Å²) in [5, 5.41) is 24.6. The topological polar surface area (TPSA) is 98.7 Å². The summed E-state index contributed by atoms with van der Waals surface area (Å²) in [5.74, 6) is -1.40. The van der Waals surface area contributed by atoms with Gasteiger partial charge >= 0.3 is 5.97 Å². The zero-order valence-electron chi connectivity index (χ0n) is 13.3. The predicted octanol–water partition coefficient (Wildman–Crippen LogP) is 2.90. The number of benzene rings is 2. The van der Waals surface area contributed by atoms with Gasteiger partial charge in [0.1, 0.15) is 0 Å². The van der Waals surface area contributed by atoms with Gasteiger partial charge in [0.25, 0.3) is 0 Å². The largest absolute Gasteiger partial charge is 0.481 e. The molecule has 0 spiro atoms. The molecule has 0 radical (unpaired) electrons. The van der Waals surface area contributed by atoms with E-state index in [4.69, 9.17) is 5.11 Å². The van der Waals surface area contributed by atoms with E-state index in [9.17, 15) is 14.7 Å². The first-order valence-corrected chi connectivity index (χ1v) is 7.57. The van der Waals surface area contributed by atoms with Gasteiger partial charge in [-0.15, -0.1) is 0 Å². The summed E-state index contributed by atoms with van der Waals surface area (Å²) in [6, 6.07) is 14.4. The fraction of sp³-hybridized carbons (Fsp3) is 0.222. The molecule has 126 valence electrons. The Hall–Kier alpha value is -2.86. The normalized spacial score (nSPS) is 11.6. The molecule has 0 aliphatic carbocycles. The maximum Gasteiger partial charge on any atom is 0.303 e. The van der Waals surface area contributed by atoms with Crippen LogP contribution < -0.4 is 10.6 Å². The lowest BCUT2D eigenvalue weighted by Crippen LogP contribution is -2.14. The Labute approximate surface area is 140 Å². The van der Waals surface area contributed by atoms with E-state index in [2.05, 4.69) is 10.6 Å². The number of carbonyl (C=O) groups is 2. The number of carboxylic acids is 1. The Bertz CT molecular complexity index is 730. The minimum atomic E-state index is -1.02. The molecule has 0 saturated carbocycles. The minimum Gasteiger partial charge on any atom is -0.481 e. The molecular weight excluding hydrogens is 308 g/mol. The summed E-state index contributed by atoms with van der Waals surface area (Å²) in [7, 11) is 0. The van der Waals surface area contributed by atoms with Crippen LogP contribution in [0.3, 0.4) is 0 Å². The second-order valence-electron chi connectivity index (χ2n) is 5.43. The molecule has 6 heteroatoms. The molecule has 24 heavy (non-hydrogen) atoms. The number of aryl methyl sites for hydroxylation is 1. The minimum absolute atomic E-state index is 0.0937. The number of nitrogens with one attached hydrogen (secondary N) is 2. The maximum atomic E-state index is 11.7. The highest BCUT2D eigenvalue weighted by atomic mass is 16.4. The number of anilines is 2. The molecule has 0 fully saturated rings. The van der Waals surface area contributed by atoms with E-state index in [0.29, 0.717) is 11.3 Å². The predicted molar refractivity (Wildman–Crippen MR) is 91.7 cm³/mol. The Balaban J connectivity index is 2.02. The van der Waals surface area contributed by atoms with E-state index in [0.717, 1.165) is 11.3 Å². The molecular formula is C18H20N2O4. The third-order valence-corrected chi connectivity index (χ3v) is 3.49. The monoisotopic (exact) mass is 328 g/mol. The van der Waals surface area contributed by atoms with Crippen LogP contribution in [0, 0.1) is 6.92 Å². The number of hydrogen-bond donors (Lipinski definition) is 4. The van der Waals surface area contributed by atoms with Crippen LogP contribution in [0.4, 0.5) is 11.4 Å². The number of carbonyl (C=O) groups excluding carboxylic acids is 1. The Morgan fingerprint density at radius 1 is 1.08 bits per heavy atom. The first-order chi connectivity index (χ1) is 11.5. The zero-order valence-corrected chi connectivity index (χ0v) is 13.3. The van der Waals surface area contributed by atoms with Crippen LogP contribution in [-0.4, -0.2) is 22.1 Å². The number of carboxylic acid groups (broad SMARTS) is 1. The van der Waals surface area contributed by atoms with Gasteiger partial charge in [-0.1, -0.05) is 30.3 Å². The van der Waals surface area contributed by atoms with Crippen LogP contribution in [0.5, 0.6) is 0 Å². The van der Waals surface area contributed by atoms with E-state index in [1.807, 2.05) is 31.2 Å². The van der Waals surface area contributed by atoms with E-state index in [-0.39, 0.29) is 18.7 Å². The molecule has 1 amide bonds. The van der Waals surface area contributed by atoms with Gasteiger partial charge < -0.3 is 20.8 Å². The van der Waals surface area contributed by atoms with Crippen molar-refractivity contribution in [2.24, 2.45) is 0 Å². The lowest BCUT2D eigenvalue weighted by Gasteiger charge is -2.17. The Kier molecular flexibility index (Phi) is 5.92. The maximum absolute atomic E-state index is 11.7. The van der Waals surface area contributed by atoms with Gasteiger partial charge in [0, 0.05) is 23.4 Å². The molecule has 0 aliphatic heterocycles. The lowest BCUT2D eigenvalue weighted by atomic mass is 10.1. The van der Waals surface area contributed by atoms with Crippen LogP contribution >= 0.6 is 0 Å². The van der Waals surface area contributed by atoms with Gasteiger partial charge in [-0.25, -0.2) is 0 Å². The van der Waals surface area contributed by atoms with Crippen molar-refractivity contribution >= 4 is 23.3 Å². The zero-order chi connectivity index (χ0) is 17.5. The number of rotatable bonds is 7. The van der Waals surface area contributed by atoms with Crippen LogP contribution in [0.25, 0.3) is 0 Å². The van der Waals surface area contributed by atoms with Crippen molar-refractivity contribution in [3.8, 4) is 0 Å². The molecule has 4 N–H and O–H groups in total. The molecule has 0 heterocycles. The number of amides is 1. The third kappa shape index (κ3) is 5.10. The summed E-state index contributed by atoms with van der Waals surface area (Å²) in [6.45, 7) is 1.94. The lowest BCUT2D eigenvalue weighted by molar-refractivity contribution is -0.138. The highest BCUT2D eigenvalue weighted by Crippen LogP contribution is 2.22. The number of aliphatic hydroxyl groups is 1. The van der Waals surface area contributed by atoms with Gasteiger partial charge in [-0.2, -0.15) is 0 Å². The van der Waals surface area contributed by atoms with Crippen molar-refractivity contribution in [2.75, 3.05) is 10.6 Å². The first kappa shape index (κ1) is 17.5. The second kappa shape index (κ2) is 8.12. The summed E-state index contributed by atoms with van der Waals surface area (Å²) >= 11 is 0. The van der Waals surface area contributed by atoms with Crippen LogP contribution in [0.15, 0.2) is 48.5 Å². The van der Waals surface area contributed by atoms with Crippen molar-refractivity contribution in [1.82, 2.24) is 0 Å². The number of aliphatic hydroxyl groups excluding tert-OH is 1. The molecule has 0 saturated heterocycles. The molecule has 6 nitrogen and oxygen atoms in total. The number of para-hydroxylation sites is 1. The summed E-state index contributed by atoms with van der Waals surface area (Å²) < 4.78 is 0. The van der Waals surface area contributed by atoms with Crippen molar-refractivity contribution in [1.29, 1.82) is 0 Å². The van der Waals surface area contributed by atoms with Crippen molar-refractivity contribution in [3.63, 3.8) is 0 Å². The summed E-state index contributed by atoms with van der Waals surface area (Å²) in [5.41, 5.74) is 2.93. The SMILES string of the molecule is Cc1ccccc1NC(O)c1cccc(NC(=O)CCC(=O)O)c1. The van der Waals surface area contributed by atoms with Gasteiger partial charge in [0.2, 0.25) is 5.91 Å². The fourth-order valence-corrected chi connectivity index (χ4v) is 2.20. The third-order valence-electron chi connectivity index (χ3n) is 3.49. The highest BCUT2D eigenvalue weighted by Gasteiger charge is 2.11. The van der Waals surface area contributed by atoms with Crippen LogP contribution in [-0.2, 0) is 9.59 Å². The van der Waals surface area contributed by atoms with E-state index < -0.39 is 12.2 Å². The van der Waals surface area contributed by atoms with Gasteiger partial charge in [-0.05, 0) is 30.7 Å². The fourth-order valence-electron chi connectivity index (χ4n) is 2.20. The molecule has 0 bridgehead atoms. The van der Waals surface area contributed by atoms with E-state index in [1.54, 1.807) is 24.3 Å². The Morgan fingerprint density at radius 2 is 1.83 bits per heavy atom. The number of aliphatic carboxylic acids is 1. The molecule has 1 unspecified atom stereocenters. The molecule has 2 rings (SSSR count). The summed E-state index contributed by atoms with van der Waals surface area (Å²) in [6.07, 6.45) is -1.24. The number of hydrogen-bond acceptors (Lipinski definition) is 4. The standard InChI is InChI=1S/C18H20N2O4/c1-12-5-2-3-8-15(12)20-18(24)13-6-4-7-14(11-13)19-16(21)9-10-17(22)23/h2-8,11,18,20,24H,9-10H2,1H3,(H,19,21)(H,22,23). The van der Waals surface area contributed by atoms with Gasteiger partial charge in [-0.3, -0.25) is 9.59 Å². The van der Waals surface area contributed by atoms with Crippen molar-refractivity contribution in [2.45, 2.75) is 26.0 Å². The van der Waals surface area contributed by atoms with Crippen LogP contribution in [0.1, 0.15) is 30.2 Å². The smallest absolute Gasteiger partial charge is 0.303 e. The highest BCUT2D eigenvalue weighted by molar-refractivity contribution is 5.92. The molecule has 2 aromatic rings. The molecule has 0 aromatic heterocycles. The first-order valence-electron chi connectivity index (χ1n) is 7.57. The quantitative estimate of drug-likeness (QED) is 0.586. The van der Waals surface area contributed by atoms with Gasteiger partial charge in [0.15, 0.2) is 6.23 Å². The van der Waals surface area contributed by atoms with Crippen molar-refractivity contribution < 1.29 is 19.8 Å². The molecule has 0 aliphatic rings. The molecule has 2 aromatic carbocycles. The van der Waals surface area contributed by atoms with Crippen molar-refractivity contribution in [3.05, 3.63) is 59.7 Å². The average molecular weight is 328 g/mol. The van der Waals surface area contributed by atoms with E-state index >= 15 is 0 Å². The average Bonchev–Trinajstić information content (AvgIpc) is 2.55. The summed E-state index contributed by atoms with van der Waals surface area (Å²) in [4.78, 5) is 22.2. The van der Waals surface area contributed by atoms with E-state index in [1.165, 1.54) is 0 Å². The second-order valence-corrected chi connectivity index (χ2v) is 5.43. The Morgan fingerprint density at radius 3 is 2.54 bits per heavy atom.